The lowest BCUT2D eigenvalue weighted by Gasteiger charge is -2.09. The number of hydrogen-bond donors (Lipinski definition) is 0. The summed E-state index contributed by atoms with van der Waals surface area (Å²) < 4.78 is 6.54. The lowest BCUT2D eigenvalue weighted by atomic mass is 10.1. The van der Waals surface area contributed by atoms with Gasteiger partial charge in [0.2, 0.25) is 0 Å². The molecule has 0 aliphatic carbocycles. The minimum Gasteiger partial charge on any atom is -0.488 e. The first-order valence-electron chi connectivity index (χ1n) is 5.11. The minimum atomic E-state index is 0.00613. The summed E-state index contributed by atoms with van der Waals surface area (Å²) in [6.45, 7) is 2.03. The number of carbonyl (C=O) groups excluding carboxylic acids is 1. The molecule has 0 saturated heterocycles. The van der Waals surface area contributed by atoms with E-state index >= 15 is 0 Å². The first-order valence-corrected chi connectivity index (χ1v) is 6.85. The normalized spacial score (nSPS) is 10.2. The Hall–Kier alpha value is -1.13. The second kappa shape index (κ2) is 5.47. The summed E-state index contributed by atoms with van der Waals surface area (Å²) in [6.07, 6.45) is 0. The third-order valence-electron chi connectivity index (χ3n) is 2.30. The van der Waals surface area contributed by atoms with Gasteiger partial charge in [-0.05, 0) is 47.5 Å². The Labute approximate surface area is 112 Å². The van der Waals surface area contributed by atoms with Gasteiger partial charge < -0.3 is 4.74 Å². The number of carbonyl (C=O) groups is 1. The van der Waals surface area contributed by atoms with E-state index in [0.29, 0.717) is 17.9 Å². The molecule has 2 rings (SSSR count). The zero-order valence-electron chi connectivity index (χ0n) is 9.27. The average molecular weight is 311 g/mol. The molecule has 1 aromatic heterocycles. The summed E-state index contributed by atoms with van der Waals surface area (Å²) in [5, 5.41) is 4.04. The molecule has 2 aromatic rings. The number of hydrogen-bond acceptors (Lipinski definition) is 3. The molecule has 0 aliphatic heterocycles. The van der Waals surface area contributed by atoms with Crippen LogP contribution >= 0.6 is 27.3 Å². The Morgan fingerprint density at radius 3 is 2.88 bits per heavy atom. The molecular weight excluding hydrogens is 300 g/mol. The molecule has 1 aromatic carbocycles. The second-order valence-corrected chi connectivity index (χ2v) is 5.31. The summed E-state index contributed by atoms with van der Waals surface area (Å²) in [7, 11) is 0. The molecule has 0 atom stereocenters. The number of ketones is 1. The van der Waals surface area contributed by atoms with Crippen molar-refractivity contribution in [3.05, 3.63) is 50.6 Å². The van der Waals surface area contributed by atoms with Crippen LogP contribution in [0.25, 0.3) is 0 Å². The van der Waals surface area contributed by atoms with E-state index in [9.17, 15) is 4.79 Å². The molecular formula is C13H11BrO2S. The van der Waals surface area contributed by atoms with Crippen molar-refractivity contribution in [2.45, 2.75) is 13.5 Å². The van der Waals surface area contributed by atoms with Crippen LogP contribution in [0.15, 0.2) is 39.5 Å². The number of Topliss-reactive ketones (excluding diaryl/α,β-unsaturated/α-hetero) is 1. The van der Waals surface area contributed by atoms with Crippen molar-refractivity contribution in [3.63, 3.8) is 0 Å². The molecule has 0 aliphatic rings. The van der Waals surface area contributed by atoms with Gasteiger partial charge in [-0.15, -0.1) is 0 Å². The molecule has 88 valence electrons. The standard InChI is InChI=1S/C13H11BrO2S/c1-9(15)12-6-11(14)2-3-13(12)16-7-10-4-5-17-8-10/h2-6,8H,7H2,1H3. The van der Waals surface area contributed by atoms with E-state index in [1.54, 1.807) is 24.3 Å². The van der Waals surface area contributed by atoms with Gasteiger partial charge in [-0.2, -0.15) is 11.3 Å². The Balaban J connectivity index is 2.17. The minimum absolute atomic E-state index is 0.00613. The van der Waals surface area contributed by atoms with Gasteiger partial charge in [-0.1, -0.05) is 15.9 Å². The zero-order valence-corrected chi connectivity index (χ0v) is 11.7. The highest BCUT2D eigenvalue weighted by molar-refractivity contribution is 9.10. The molecule has 4 heteroatoms. The van der Waals surface area contributed by atoms with Crippen LogP contribution in [0.1, 0.15) is 22.8 Å². The van der Waals surface area contributed by atoms with Crippen LogP contribution in [0.5, 0.6) is 5.75 Å². The van der Waals surface area contributed by atoms with Crippen molar-refractivity contribution < 1.29 is 9.53 Å². The van der Waals surface area contributed by atoms with Gasteiger partial charge in [0.1, 0.15) is 12.4 Å². The van der Waals surface area contributed by atoms with Gasteiger partial charge >= 0.3 is 0 Å². The number of benzene rings is 1. The predicted molar refractivity (Wildman–Crippen MR) is 72.8 cm³/mol. The summed E-state index contributed by atoms with van der Waals surface area (Å²) >= 11 is 4.98. The maximum absolute atomic E-state index is 11.5. The number of rotatable bonds is 4. The van der Waals surface area contributed by atoms with E-state index < -0.39 is 0 Å². The quantitative estimate of drug-likeness (QED) is 0.787. The molecule has 0 fully saturated rings. The second-order valence-electron chi connectivity index (χ2n) is 3.62. The van der Waals surface area contributed by atoms with Crippen LogP contribution in [0.4, 0.5) is 0 Å². The van der Waals surface area contributed by atoms with Crippen molar-refractivity contribution in [2.75, 3.05) is 0 Å². The molecule has 0 N–H and O–H groups in total. The maximum Gasteiger partial charge on any atom is 0.163 e. The highest BCUT2D eigenvalue weighted by Gasteiger charge is 2.09. The molecule has 2 nitrogen and oxygen atoms in total. The van der Waals surface area contributed by atoms with E-state index in [-0.39, 0.29) is 5.78 Å². The lowest BCUT2D eigenvalue weighted by Crippen LogP contribution is -2.01. The average Bonchev–Trinajstić information content (AvgIpc) is 2.80. The molecule has 1 heterocycles. The topological polar surface area (TPSA) is 26.3 Å². The molecule has 17 heavy (non-hydrogen) atoms. The Bertz CT molecular complexity index is 520. The third-order valence-corrected chi connectivity index (χ3v) is 3.52. The molecule has 0 unspecified atom stereocenters. The Morgan fingerprint density at radius 1 is 1.41 bits per heavy atom. The van der Waals surface area contributed by atoms with Crippen molar-refractivity contribution in [1.82, 2.24) is 0 Å². The number of ether oxygens (including phenoxy) is 1. The van der Waals surface area contributed by atoms with Gasteiger partial charge in [0.25, 0.3) is 0 Å². The number of thiophene rings is 1. The zero-order chi connectivity index (χ0) is 12.3. The van der Waals surface area contributed by atoms with Crippen molar-refractivity contribution in [2.24, 2.45) is 0 Å². The van der Waals surface area contributed by atoms with E-state index in [1.807, 2.05) is 29.0 Å². The van der Waals surface area contributed by atoms with Crippen LogP contribution in [0, 0.1) is 0 Å². The molecule has 0 bridgehead atoms. The Kier molecular flexibility index (Phi) is 3.97. The monoisotopic (exact) mass is 310 g/mol. The van der Waals surface area contributed by atoms with E-state index in [4.69, 9.17) is 4.74 Å². The van der Waals surface area contributed by atoms with Crippen LogP contribution in [0.3, 0.4) is 0 Å². The maximum atomic E-state index is 11.5. The SMILES string of the molecule is CC(=O)c1cc(Br)ccc1OCc1ccsc1. The van der Waals surface area contributed by atoms with Crippen LogP contribution in [-0.4, -0.2) is 5.78 Å². The predicted octanol–water partition coefficient (Wildman–Crippen LogP) is 4.29. The largest absolute Gasteiger partial charge is 0.488 e. The van der Waals surface area contributed by atoms with Crippen molar-refractivity contribution in [3.8, 4) is 5.75 Å². The van der Waals surface area contributed by atoms with Crippen molar-refractivity contribution in [1.29, 1.82) is 0 Å². The first kappa shape index (κ1) is 12.3. The first-order chi connectivity index (χ1) is 8.16. The van der Waals surface area contributed by atoms with E-state index in [0.717, 1.165) is 10.0 Å². The molecule has 0 saturated carbocycles. The van der Waals surface area contributed by atoms with E-state index in [1.165, 1.54) is 0 Å². The lowest BCUT2D eigenvalue weighted by molar-refractivity contribution is 0.101. The van der Waals surface area contributed by atoms with Crippen LogP contribution < -0.4 is 4.74 Å². The summed E-state index contributed by atoms with van der Waals surface area (Å²) in [5.74, 6) is 0.638. The third kappa shape index (κ3) is 3.17. The van der Waals surface area contributed by atoms with Crippen molar-refractivity contribution >= 4 is 33.0 Å². The van der Waals surface area contributed by atoms with E-state index in [2.05, 4.69) is 15.9 Å². The molecule has 0 amide bonds. The summed E-state index contributed by atoms with van der Waals surface area (Å²) in [5.41, 5.74) is 1.72. The van der Waals surface area contributed by atoms with Gasteiger partial charge in [0.15, 0.2) is 5.78 Å². The Morgan fingerprint density at radius 2 is 2.24 bits per heavy atom. The highest BCUT2D eigenvalue weighted by Crippen LogP contribution is 2.24. The fourth-order valence-electron chi connectivity index (χ4n) is 1.44. The fraction of sp³-hybridized carbons (Fsp3) is 0.154. The van der Waals surface area contributed by atoms with Gasteiger partial charge in [-0.3, -0.25) is 4.79 Å². The van der Waals surface area contributed by atoms with Crippen LogP contribution in [0.2, 0.25) is 0 Å². The molecule has 0 radical (unpaired) electrons. The molecule has 0 spiro atoms. The summed E-state index contributed by atoms with van der Waals surface area (Å²) in [6, 6.07) is 7.48. The van der Waals surface area contributed by atoms with Gasteiger partial charge in [-0.25, -0.2) is 0 Å². The number of halogens is 1. The summed E-state index contributed by atoms with van der Waals surface area (Å²) in [4.78, 5) is 11.5. The van der Waals surface area contributed by atoms with Gasteiger partial charge in [0.05, 0.1) is 5.56 Å². The van der Waals surface area contributed by atoms with Gasteiger partial charge in [0, 0.05) is 4.47 Å². The highest BCUT2D eigenvalue weighted by atomic mass is 79.9. The smallest absolute Gasteiger partial charge is 0.163 e. The fourth-order valence-corrected chi connectivity index (χ4v) is 2.45. The van der Waals surface area contributed by atoms with Crippen LogP contribution in [-0.2, 0) is 6.61 Å².